The van der Waals surface area contributed by atoms with E-state index in [-0.39, 0.29) is 29.2 Å². The van der Waals surface area contributed by atoms with E-state index in [9.17, 15) is 8.42 Å². The van der Waals surface area contributed by atoms with Gasteiger partial charge in [-0.15, -0.1) is 0 Å². The molecule has 0 fully saturated rings. The Morgan fingerprint density at radius 2 is 2.14 bits per heavy atom. The van der Waals surface area contributed by atoms with Gasteiger partial charge in [-0.25, -0.2) is 8.42 Å². The van der Waals surface area contributed by atoms with E-state index >= 15 is 0 Å². The number of likely N-dealkylation sites (N-methyl/N-ethyl adjacent to an activating group) is 1. The van der Waals surface area contributed by atoms with Crippen LogP contribution >= 0.6 is 11.6 Å². The number of ether oxygens (including phenoxy) is 1. The summed E-state index contributed by atoms with van der Waals surface area (Å²) >= 11 is 6.05. The predicted molar refractivity (Wildman–Crippen MR) is 81.7 cm³/mol. The molecule has 0 aliphatic heterocycles. The lowest BCUT2D eigenvalue weighted by Crippen LogP contribution is -2.37. The van der Waals surface area contributed by atoms with Crippen LogP contribution < -0.4 is 0 Å². The van der Waals surface area contributed by atoms with Crippen LogP contribution in [0.25, 0.3) is 0 Å². The molecule has 1 N–H and O–H groups in total. The minimum atomic E-state index is -3.70. The Kier molecular flexibility index (Phi) is 6.65. The van der Waals surface area contributed by atoms with Gasteiger partial charge in [-0.3, -0.25) is 0 Å². The molecule has 1 atom stereocenters. The lowest BCUT2D eigenvalue weighted by Gasteiger charge is -2.24. The van der Waals surface area contributed by atoms with Gasteiger partial charge in [0.25, 0.3) is 0 Å². The Morgan fingerprint density at radius 1 is 1.48 bits per heavy atom. The molecule has 0 aliphatic carbocycles. The van der Waals surface area contributed by atoms with Crippen LogP contribution in [0.15, 0.2) is 23.1 Å². The smallest absolute Gasteiger partial charge is 0.244 e. The molecule has 116 valence electrons. The molecule has 1 unspecified atom stereocenters. The van der Waals surface area contributed by atoms with E-state index in [4.69, 9.17) is 21.4 Å². The molecule has 0 aliphatic rings. The minimum Gasteiger partial charge on any atom is -0.384 e. The van der Waals surface area contributed by atoms with E-state index in [2.05, 4.69) is 11.8 Å². The van der Waals surface area contributed by atoms with E-state index in [1.165, 1.54) is 30.6 Å². The number of rotatable bonds is 5. The van der Waals surface area contributed by atoms with E-state index in [1.807, 2.05) is 0 Å². The van der Waals surface area contributed by atoms with Crippen molar-refractivity contribution in [2.45, 2.75) is 17.9 Å². The number of aliphatic hydroxyl groups excluding tert-OH is 1. The maximum atomic E-state index is 12.5. The summed E-state index contributed by atoms with van der Waals surface area (Å²) in [5.41, 5.74) is 0.542. The number of nitrogens with zero attached hydrogens (tertiary/aromatic N) is 1. The van der Waals surface area contributed by atoms with Crippen molar-refractivity contribution in [3.63, 3.8) is 0 Å². The maximum Gasteiger partial charge on any atom is 0.244 e. The van der Waals surface area contributed by atoms with Gasteiger partial charge < -0.3 is 9.84 Å². The molecule has 0 heterocycles. The Balaban J connectivity index is 3.15. The Bertz CT molecular complexity index is 649. The van der Waals surface area contributed by atoms with E-state index in [0.717, 1.165) is 0 Å². The summed E-state index contributed by atoms with van der Waals surface area (Å²) in [6, 6.07) is 4.11. The second-order valence-electron chi connectivity index (χ2n) is 4.43. The molecule has 0 saturated heterocycles. The van der Waals surface area contributed by atoms with Crippen LogP contribution in [0, 0.1) is 11.8 Å². The quantitative estimate of drug-likeness (QED) is 0.827. The van der Waals surface area contributed by atoms with E-state index in [1.54, 1.807) is 13.0 Å². The zero-order chi connectivity index (χ0) is 16.0. The fraction of sp³-hybridized carbons (Fsp3) is 0.429. The summed E-state index contributed by atoms with van der Waals surface area (Å²) in [5, 5.41) is 8.74. The average Bonchev–Trinajstić information content (AvgIpc) is 2.44. The van der Waals surface area contributed by atoms with Crippen molar-refractivity contribution in [1.82, 2.24) is 4.31 Å². The fourth-order valence-electron chi connectivity index (χ4n) is 1.67. The Morgan fingerprint density at radius 3 is 2.67 bits per heavy atom. The second-order valence-corrected chi connectivity index (χ2v) is 6.80. The summed E-state index contributed by atoms with van der Waals surface area (Å²) in [4.78, 5) is 0.0177. The maximum absolute atomic E-state index is 12.5. The monoisotopic (exact) mass is 331 g/mol. The van der Waals surface area contributed by atoms with Crippen LogP contribution in [-0.2, 0) is 14.8 Å². The normalized spacial score (nSPS) is 12.9. The SMILES string of the molecule is COCC(C)N(C)S(=O)(=O)c1ccc(C#CCO)cc1Cl. The lowest BCUT2D eigenvalue weighted by molar-refractivity contribution is 0.149. The zero-order valence-electron chi connectivity index (χ0n) is 12.1. The number of hydrogen-bond donors (Lipinski definition) is 1. The van der Waals surface area contributed by atoms with Gasteiger partial charge >= 0.3 is 0 Å². The van der Waals surface area contributed by atoms with Crippen molar-refractivity contribution in [2.24, 2.45) is 0 Å². The van der Waals surface area contributed by atoms with Crippen molar-refractivity contribution in [1.29, 1.82) is 0 Å². The Hall–Kier alpha value is -1.10. The number of hydrogen-bond acceptors (Lipinski definition) is 4. The van der Waals surface area contributed by atoms with Crippen molar-refractivity contribution < 1.29 is 18.3 Å². The lowest BCUT2D eigenvalue weighted by atomic mass is 10.2. The summed E-state index contributed by atoms with van der Waals surface area (Å²) < 4.78 is 31.2. The van der Waals surface area contributed by atoms with Crippen LogP contribution in [0.2, 0.25) is 5.02 Å². The molecule has 0 spiro atoms. The molecule has 0 radical (unpaired) electrons. The molecular weight excluding hydrogens is 314 g/mol. The summed E-state index contributed by atoms with van der Waals surface area (Å²) in [7, 11) is -0.711. The highest BCUT2D eigenvalue weighted by molar-refractivity contribution is 7.89. The largest absolute Gasteiger partial charge is 0.384 e. The topological polar surface area (TPSA) is 66.8 Å². The molecule has 1 aromatic rings. The first-order valence-corrected chi connectivity index (χ1v) is 8.02. The highest BCUT2D eigenvalue weighted by atomic mass is 35.5. The third-order valence-electron chi connectivity index (χ3n) is 2.93. The molecule has 1 rings (SSSR count). The van der Waals surface area contributed by atoms with E-state index < -0.39 is 10.0 Å². The predicted octanol–water partition coefficient (Wildman–Crippen LogP) is 1.34. The average molecular weight is 332 g/mol. The fourth-order valence-corrected chi connectivity index (χ4v) is 3.53. The summed E-state index contributed by atoms with van der Waals surface area (Å²) in [6.07, 6.45) is 0. The molecule has 0 saturated carbocycles. The number of benzene rings is 1. The van der Waals surface area contributed by atoms with Gasteiger partial charge in [0, 0.05) is 25.8 Å². The Labute approximate surface area is 130 Å². The van der Waals surface area contributed by atoms with Crippen LogP contribution in [-0.4, -0.2) is 51.2 Å². The van der Waals surface area contributed by atoms with E-state index in [0.29, 0.717) is 5.56 Å². The number of methoxy groups -OCH3 is 1. The number of halogens is 1. The third kappa shape index (κ3) is 4.43. The highest BCUT2D eigenvalue weighted by Gasteiger charge is 2.27. The van der Waals surface area contributed by atoms with Gasteiger partial charge in [-0.05, 0) is 25.1 Å². The highest BCUT2D eigenvalue weighted by Crippen LogP contribution is 2.26. The molecule has 7 heteroatoms. The van der Waals surface area contributed by atoms with Gasteiger partial charge in [0.15, 0.2) is 0 Å². The first kappa shape index (κ1) is 18.0. The molecule has 0 bridgehead atoms. The van der Waals surface area contributed by atoms with Crippen molar-refractivity contribution in [3.8, 4) is 11.8 Å². The van der Waals surface area contributed by atoms with Gasteiger partial charge in [0.05, 0.1) is 11.6 Å². The first-order valence-electron chi connectivity index (χ1n) is 6.20. The van der Waals surface area contributed by atoms with Crippen LogP contribution in [0.4, 0.5) is 0 Å². The standard InChI is InChI=1S/C14H18ClNO4S/c1-11(10-20-3)16(2)21(18,19)14-7-6-12(5-4-8-17)9-13(14)15/h6-7,9,11,17H,8,10H2,1-3H3. The first-order chi connectivity index (χ1) is 9.84. The molecule has 21 heavy (non-hydrogen) atoms. The number of sulfonamides is 1. The van der Waals surface area contributed by atoms with Crippen LogP contribution in [0.1, 0.15) is 12.5 Å². The molecule has 1 aromatic carbocycles. The van der Waals surface area contributed by atoms with Crippen molar-refractivity contribution >= 4 is 21.6 Å². The van der Waals surface area contributed by atoms with Crippen LogP contribution in [0.5, 0.6) is 0 Å². The third-order valence-corrected chi connectivity index (χ3v) is 5.38. The minimum absolute atomic E-state index is 0.0177. The summed E-state index contributed by atoms with van der Waals surface area (Å²) in [5.74, 6) is 5.15. The van der Waals surface area contributed by atoms with Gasteiger partial charge in [-0.2, -0.15) is 4.31 Å². The van der Waals surface area contributed by atoms with Gasteiger partial charge in [0.2, 0.25) is 10.0 Å². The molecular formula is C14H18ClNO4S. The molecule has 5 nitrogen and oxygen atoms in total. The second kappa shape index (κ2) is 7.78. The van der Waals surface area contributed by atoms with Crippen molar-refractivity contribution in [3.05, 3.63) is 28.8 Å². The van der Waals surface area contributed by atoms with Gasteiger partial charge in [0.1, 0.15) is 11.5 Å². The molecule has 0 aromatic heterocycles. The summed E-state index contributed by atoms with van der Waals surface area (Å²) in [6.45, 7) is 1.76. The van der Waals surface area contributed by atoms with Crippen LogP contribution in [0.3, 0.4) is 0 Å². The van der Waals surface area contributed by atoms with Gasteiger partial charge in [-0.1, -0.05) is 23.4 Å². The zero-order valence-corrected chi connectivity index (χ0v) is 13.7. The molecule has 0 amide bonds. The number of aliphatic hydroxyl groups is 1. The van der Waals surface area contributed by atoms with Crippen molar-refractivity contribution in [2.75, 3.05) is 27.4 Å².